The van der Waals surface area contributed by atoms with Crippen molar-refractivity contribution in [3.05, 3.63) is 53.6 Å². The van der Waals surface area contributed by atoms with Gasteiger partial charge in [-0.2, -0.15) is 5.10 Å². The SMILES string of the molecule is CN(Cc1cnn(C)c1)C[C@@H]1CCCN(CCc2ccccc2F)C1. The van der Waals surface area contributed by atoms with Crippen LogP contribution in [-0.4, -0.2) is 52.8 Å². The number of hydrogen-bond donors (Lipinski definition) is 0. The van der Waals surface area contributed by atoms with E-state index in [4.69, 9.17) is 0 Å². The molecular weight excluding hydrogens is 315 g/mol. The van der Waals surface area contributed by atoms with Gasteiger partial charge in [0.1, 0.15) is 5.82 Å². The summed E-state index contributed by atoms with van der Waals surface area (Å²) in [5.41, 5.74) is 2.09. The van der Waals surface area contributed by atoms with Crippen LogP contribution in [0.2, 0.25) is 0 Å². The fourth-order valence-electron chi connectivity index (χ4n) is 3.85. The summed E-state index contributed by atoms with van der Waals surface area (Å²) >= 11 is 0. The van der Waals surface area contributed by atoms with Gasteiger partial charge >= 0.3 is 0 Å². The number of aromatic nitrogens is 2. The van der Waals surface area contributed by atoms with Gasteiger partial charge in [0, 0.05) is 45.0 Å². The van der Waals surface area contributed by atoms with Crippen LogP contribution < -0.4 is 0 Å². The number of rotatable bonds is 7. The van der Waals surface area contributed by atoms with Crippen molar-refractivity contribution in [3.8, 4) is 0 Å². The second-order valence-corrected chi connectivity index (χ2v) is 7.37. The van der Waals surface area contributed by atoms with Crippen molar-refractivity contribution in [1.82, 2.24) is 19.6 Å². The lowest BCUT2D eigenvalue weighted by molar-refractivity contribution is 0.142. The molecule has 25 heavy (non-hydrogen) atoms. The molecule has 2 aromatic rings. The van der Waals surface area contributed by atoms with Crippen LogP contribution in [0, 0.1) is 11.7 Å². The number of benzene rings is 1. The Morgan fingerprint density at radius 3 is 2.92 bits per heavy atom. The highest BCUT2D eigenvalue weighted by Crippen LogP contribution is 2.19. The van der Waals surface area contributed by atoms with Gasteiger partial charge < -0.3 is 9.80 Å². The Labute approximate surface area is 150 Å². The van der Waals surface area contributed by atoms with Crippen LogP contribution in [0.15, 0.2) is 36.7 Å². The molecule has 0 radical (unpaired) electrons. The predicted molar refractivity (Wildman–Crippen MR) is 98.8 cm³/mol. The Balaban J connectivity index is 1.45. The molecule has 1 aromatic carbocycles. The standard InChI is InChI=1S/C20H29FN4/c1-23(14-18-12-22-24(2)15-18)13-17-6-5-10-25(16-17)11-9-19-7-3-4-8-20(19)21/h3-4,7-8,12,15,17H,5-6,9-11,13-14,16H2,1-2H3/t17-/m0/s1. The van der Waals surface area contributed by atoms with Gasteiger partial charge in [-0.15, -0.1) is 0 Å². The lowest BCUT2D eigenvalue weighted by Gasteiger charge is -2.34. The third-order valence-corrected chi connectivity index (χ3v) is 5.04. The first-order valence-corrected chi connectivity index (χ1v) is 9.22. The summed E-state index contributed by atoms with van der Waals surface area (Å²) in [6.07, 6.45) is 7.34. The molecule has 1 aliphatic heterocycles. The number of hydrogen-bond acceptors (Lipinski definition) is 3. The van der Waals surface area contributed by atoms with E-state index in [2.05, 4.69) is 28.1 Å². The molecule has 1 aliphatic rings. The normalized spacial score (nSPS) is 18.8. The lowest BCUT2D eigenvalue weighted by atomic mass is 9.97. The second kappa shape index (κ2) is 8.59. The zero-order valence-corrected chi connectivity index (χ0v) is 15.4. The maximum absolute atomic E-state index is 13.8. The molecule has 0 aliphatic carbocycles. The Bertz CT molecular complexity index is 669. The van der Waals surface area contributed by atoms with Gasteiger partial charge in [0.15, 0.2) is 0 Å². The van der Waals surface area contributed by atoms with Crippen molar-refractivity contribution in [2.75, 3.05) is 33.2 Å². The largest absolute Gasteiger partial charge is 0.303 e. The van der Waals surface area contributed by atoms with Crippen molar-refractivity contribution < 1.29 is 4.39 Å². The highest BCUT2D eigenvalue weighted by Gasteiger charge is 2.21. The molecule has 0 N–H and O–H groups in total. The van der Waals surface area contributed by atoms with E-state index < -0.39 is 0 Å². The van der Waals surface area contributed by atoms with Crippen LogP contribution in [0.3, 0.4) is 0 Å². The highest BCUT2D eigenvalue weighted by atomic mass is 19.1. The van der Waals surface area contributed by atoms with Gasteiger partial charge in [-0.25, -0.2) is 4.39 Å². The van der Waals surface area contributed by atoms with E-state index in [1.807, 2.05) is 30.1 Å². The maximum Gasteiger partial charge on any atom is 0.126 e. The third kappa shape index (κ3) is 5.38. The Morgan fingerprint density at radius 1 is 1.32 bits per heavy atom. The van der Waals surface area contributed by atoms with Crippen molar-refractivity contribution >= 4 is 0 Å². The zero-order valence-electron chi connectivity index (χ0n) is 15.4. The molecule has 3 rings (SSSR count). The molecule has 136 valence electrons. The average Bonchev–Trinajstić information content (AvgIpc) is 2.99. The number of aryl methyl sites for hydroxylation is 1. The Kier molecular flexibility index (Phi) is 6.21. The quantitative estimate of drug-likeness (QED) is 0.772. The van der Waals surface area contributed by atoms with Crippen molar-refractivity contribution in [3.63, 3.8) is 0 Å². The molecule has 1 saturated heterocycles. The summed E-state index contributed by atoms with van der Waals surface area (Å²) in [4.78, 5) is 4.89. The minimum atomic E-state index is -0.0766. The summed E-state index contributed by atoms with van der Waals surface area (Å²) in [5, 5.41) is 4.24. The lowest BCUT2D eigenvalue weighted by Crippen LogP contribution is -2.40. The number of nitrogens with zero attached hydrogens (tertiary/aromatic N) is 4. The Hall–Kier alpha value is -1.72. The molecule has 0 spiro atoms. The second-order valence-electron chi connectivity index (χ2n) is 7.37. The first-order chi connectivity index (χ1) is 12.1. The van der Waals surface area contributed by atoms with E-state index in [1.54, 1.807) is 12.1 Å². The van der Waals surface area contributed by atoms with Crippen molar-refractivity contribution in [2.24, 2.45) is 13.0 Å². The molecule has 5 heteroatoms. The first kappa shape index (κ1) is 18.1. The molecule has 0 unspecified atom stereocenters. The monoisotopic (exact) mass is 344 g/mol. The molecule has 1 atom stereocenters. The van der Waals surface area contributed by atoms with E-state index in [1.165, 1.54) is 18.4 Å². The van der Waals surface area contributed by atoms with Gasteiger partial charge in [0.2, 0.25) is 0 Å². The summed E-state index contributed by atoms with van der Waals surface area (Å²) < 4.78 is 15.6. The minimum Gasteiger partial charge on any atom is -0.303 e. The predicted octanol–water partition coefficient (Wildman–Crippen LogP) is 2.95. The molecule has 0 saturated carbocycles. The number of halogens is 1. The molecular formula is C20H29FN4. The zero-order chi connectivity index (χ0) is 17.6. The van der Waals surface area contributed by atoms with Crippen LogP contribution in [0.1, 0.15) is 24.0 Å². The van der Waals surface area contributed by atoms with E-state index in [-0.39, 0.29) is 5.82 Å². The topological polar surface area (TPSA) is 24.3 Å². The molecule has 2 heterocycles. The van der Waals surface area contributed by atoms with Gasteiger partial charge in [0.25, 0.3) is 0 Å². The molecule has 1 fully saturated rings. The fraction of sp³-hybridized carbons (Fsp3) is 0.550. The third-order valence-electron chi connectivity index (χ3n) is 5.04. The van der Waals surface area contributed by atoms with Crippen molar-refractivity contribution in [1.29, 1.82) is 0 Å². The minimum absolute atomic E-state index is 0.0766. The van der Waals surface area contributed by atoms with Crippen molar-refractivity contribution in [2.45, 2.75) is 25.8 Å². The van der Waals surface area contributed by atoms with Crippen LogP contribution in [0.4, 0.5) is 4.39 Å². The van der Waals surface area contributed by atoms with Gasteiger partial charge in [-0.05, 0) is 50.4 Å². The van der Waals surface area contributed by atoms with E-state index in [0.29, 0.717) is 5.92 Å². The molecule has 0 bridgehead atoms. The van der Waals surface area contributed by atoms with E-state index >= 15 is 0 Å². The van der Waals surface area contributed by atoms with Crippen LogP contribution in [0.5, 0.6) is 0 Å². The summed E-state index contributed by atoms with van der Waals surface area (Å²) in [5.74, 6) is 0.614. The molecule has 0 amide bonds. The molecule has 4 nitrogen and oxygen atoms in total. The van der Waals surface area contributed by atoms with E-state index in [9.17, 15) is 4.39 Å². The maximum atomic E-state index is 13.8. The fourth-order valence-corrected chi connectivity index (χ4v) is 3.85. The van der Waals surface area contributed by atoms with Gasteiger partial charge in [-0.3, -0.25) is 4.68 Å². The Morgan fingerprint density at radius 2 is 2.16 bits per heavy atom. The van der Waals surface area contributed by atoms with Gasteiger partial charge in [-0.1, -0.05) is 18.2 Å². The molecule has 1 aromatic heterocycles. The summed E-state index contributed by atoms with van der Waals surface area (Å²) in [6, 6.07) is 7.14. The average molecular weight is 344 g/mol. The van der Waals surface area contributed by atoms with E-state index in [0.717, 1.165) is 44.7 Å². The van der Waals surface area contributed by atoms with Crippen LogP contribution in [0.25, 0.3) is 0 Å². The number of piperidine rings is 1. The summed E-state index contributed by atoms with van der Waals surface area (Å²) in [7, 11) is 4.14. The smallest absolute Gasteiger partial charge is 0.126 e. The van der Waals surface area contributed by atoms with Gasteiger partial charge in [0.05, 0.1) is 6.20 Å². The summed E-state index contributed by atoms with van der Waals surface area (Å²) in [6.45, 7) is 5.25. The van der Waals surface area contributed by atoms with Crippen LogP contribution >= 0.6 is 0 Å². The number of likely N-dealkylation sites (tertiary alicyclic amines) is 1. The van der Waals surface area contributed by atoms with Crippen LogP contribution in [-0.2, 0) is 20.0 Å². The highest BCUT2D eigenvalue weighted by molar-refractivity contribution is 5.17. The first-order valence-electron chi connectivity index (χ1n) is 9.22.